The van der Waals surface area contributed by atoms with Crippen molar-refractivity contribution in [3.05, 3.63) is 47.9 Å². The van der Waals surface area contributed by atoms with E-state index in [9.17, 15) is 5.11 Å². The second kappa shape index (κ2) is 11.6. The maximum Gasteiger partial charge on any atom is 0.191 e. The first-order valence-corrected chi connectivity index (χ1v) is 8.12. The fraction of sp³-hybridized carbons (Fsp3) is 0.389. The van der Waals surface area contributed by atoms with E-state index in [1.807, 2.05) is 25.1 Å². The van der Waals surface area contributed by atoms with Gasteiger partial charge in [-0.2, -0.15) is 0 Å². The van der Waals surface area contributed by atoms with Crippen molar-refractivity contribution in [1.82, 2.24) is 10.6 Å². The van der Waals surface area contributed by atoms with Gasteiger partial charge in [0.2, 0.25) is 0 Å². The molecule has 0 bridgehead atoms. The minimum atomic E-state index is -0.741. The monoisotopic (exact) mass is 475 g/mol. The van der Waals surface area contributed by atoms with Gasteiger partial charge in [0.05, 0.1) is 33.6 Å². The molecule has 2 rings (SSSR count). The van der Waals surface area contributed by atoms with E-state index in [0.29, 0.717) is 31.4 Å². The number of nitrogens with one attached hydrogen (secondary N) is 2. The first kappa shape index (κ1) is 22.1. The van der Waals surface area contributed by atoms with Crippen LogP contribution in [0.5, 0.6) is 11.5 Å². The molecule has 1 unspecified atom stereocenters. The van der Waals surface area contributed by atoms with E-state index in [1.54, 1.807) is 26.4 Å². The summed E-state index contributed by atoms with van der Waals surface area (Å²) in [7, 11) is 3.23. The fourth-order valence-electron chi connectivity index (χ4n) is 2.26. The Bertz CT molecular complexity index is 677. The molecule has 2 aromatic rings. The van der Waals surface area contributed by atoms with Crippen LogP contribution in [0.25, 0.3) is 0 Å². The maximum absolute atomic E-state index is 10.1. The topological polar surface area (TPSA) is 88.3 Å². The Morgan fingerprint density at radius 3 is 2.65 bits per heavy atom. The third-order valence-electron chi connectivity index (χ3n) is 3.58. The summed E-state index contributed by atoms with van der Waals surface area (Å²) in [6.07, 6.45) is 0.794. The molecule has 0 saturated heterocycles. The van der Waals surface area contributed by atoms with E-state index in [-0.39, 0.29) is 24.0 Å². The molecule has 0 amide bonds. The number of benzene rings is 1. The van der Waals surface area contributed by atoms with Crippen LogP contribution < -0.4 is 20.1 Å². The zero-order chi connectivity index (χ0) is 18.1. The highest BCUT2D eigenvalue weighted by molar-refractivity contribution is 14.0. The Morgan fingerprint density at radius 1 is 1.23 bits per heavy atom. The van der Waals surface area contributed by atoms with Crippen LogP contribution in [0.3, 0.4) is 0 Å². The summed E-state index contributed by atoms with van der Waals surface area (Å²) in [5, 5.41) is 16.3. The molecule has 0 aliphatic heterocycles. The Kier molecular flexibility index (Phi) is 9.89. The molecule has 7 nitrogen and oxygen atoms in total. The average Bonchev–Trinajstić information content (AvgIpc) is 3.18. The van der Waals surface area contributed by atoms with Crippen molar-refractivity contribution in [3.63, 3.8) is 0 Å². The molecule has 1 atom stereocenters. The van der Waals surface area contributed by atoms with Crippen LogP contribution in [0.2, 0.25) is 0 Å². The van der Waals surface area contributed by atoms with Gasteiger partial charge < -0.3 is 29.6 Å². The predicted molar refractivity (Wildman–Crippen MR) is 111 cm³/mol. The molecule has 8 heteroatoms. The number of nitrogens with zero attached hydrogens (tertiary/aromatic N) is 1. The summed E-state index contributed by atoms with van der Waals surface area (Å²) in [5.74, 6) is 2.57. The average molecular weight is 475 g/mol. The molecule has 0 aliphatic rings. The Morgan fingerprint density at radius 2 is 2.04 bits per heavy atom. The van der Waals surface area contributed by atoms with E-state index in [0.717, 1.165) is 17.1 Å². The number of hydrogen-bond donors (Lipinski definition) is 3. The van der Waals surface area contributed by atoms with Gasteiger partial charge in [0.1, 0.15) is 23.4 Å². The second-order valence-electron chi connectivity index (χ2n) is 5.29. The number of halogens is 1. The number of furan rings is 1. The second-order valence-corrected chi connectivity index (χ2v) is 5.29. The third-order valence-corrected chi connectivity index (χ3v) is 3.58. The molecule has 0 fully saturated rings. The molecule has 3 N–H and O–H groups in total. The zero-order valence-corrected chi connectivity index (χ0v) is 17.5. The van der Waals surface area contributed by atoms with Gasteiger partial charge in [-0.3, -0.25) is 0 Å². The van der Waals surface area contributed by atoms with Crippen LogP contribution >= 0.6 is 24.0 Å². The van der Waals surface area contributed by atoms with E-state index >= 15 is 0 Å². The van der Waals surface area contributed by atoms with Crippen LogP contribution in [0.4, 0.5) is 0 Å². The van der Waals surface area contributed by atoms with Gasteiger partial charge in [0, 0.05) is 18.2 Å². The molecule has 0 spiro atoms. The van der Waals surface area contributed by atoms with Gasteiger partial charge in [-0.25, -0.2) is 4.99 Å². The predicted octanol–water partition coefficient (Wildman–Crippen LogP) is 2.70. The van der Waals surface area contributed by atoms with Crippen molar-refractivity contribution in [3.8, 4) is 11.5 Å². The summed E-state index contributed by atoms with van der Waals surface area (Å²) in [6.45, 7) is 3.41. The Balaban J connectivity index is 0.00000338. The number of guanidine groups is 1. The molecular weight excluding hydrogens is 449 g/mol. The van der Waals surface area contributed by atoms with Crippen LogP contribution in [0.15, 0.2) is 46.0 Å². The number of methoxy groups -OCH3 is 2. The van der Waals surface area contributed by atoms with Gasteiger partial charge in [0.25, 0.3) is 0 Å². The quantitative estimate of drug-likeness (QED) is 0.309. The third kappa shape index (κ3) is 6.41. The van der Waals surface area contributed by atoms with Crippen molar-refractivity contribution < 1.29 is 19.0 Å². The molecule has 0 saturated carbocycles. The highest BCUT2D eigenvalue weighted by Gasteiger charge is 2.11. The van der Waals surface area contributed by atoms with Crippen LogP contribution in [-0.2, 0) is 6.54 Å². The minimum absolute atomic E-state index is 0. The molecule has 1 heterocycles. The summed E-state index contributed by atoms with van der Waals surface area (Å²) in [4.78, 5) is 4.53. The standard InChI is InChI=1S/C18H25N3O4.HI/c1-4-19-18(21-12-15(22)16-6-5-9-25-16)20-11-13-7-8-14(23-2)10-17(13)24-3;/h5-10,15,22H,4,11-12H2,1-3H3,(H2,19,20,21);1H. The molecule has 0 radical (unpaired) electrons. The SMILES string of the molecule is CCNC(=NCc1ccc(OC)cc1OC)NCC(O)c1ccco1.I. The van der Waals surface area contributed by atoms with Crippen LogP contribution in [0, 0.1) is 0 Å². The van der Waals surface area contributed by atoms with Gasteiger partial charge in [-0.05, 0) is 31.2 Å². The van der Waals surface area contributed by atoms with Crippen LogP contribution in [-0.4, -0.2) is 38.4 Å². The lowest BCUT2D eigenvalue weighted by molar-refractivity contribution is 0.153. The van der Waals surface area contributed by atoms with E-state index < -0.39 is 6.10 Å². The Hall–Kier alpha value is -1.94. The molecule has 26 heavy (non-hydrogen) atoms. The number of aliphatic hydroxyl groups is 1. The number of aliphatic imine (C=N–C) groups is 1. The van der Waals surface area contributed by atoms with E-state index in [4.69, 9.17) is 13.9 Å². The number of hydrogen-bond acceptors (Lipinski definition) is 5. The highest BCUT2D eigenvalue weighted by atomic mass is 127. The lowest BCUT2D eigenvalue weighted by atomic mass is 10.2. The van der Waals surface area contributed by atoms with Crippen molar-refractivity contribution in [2.24, 2.45) is 4.99 Å². The van der Waals surface area contributed by atoms with Crippen LogP contribution in [0.1, 0.15) is 24.4 Å². The smallest absolute Gasteiger partial charge is 0.191 e. The van der Waals surface area contributed by atoms with Gasteiger partial charge in [-0.1, -0.05) is 0 Å². The summed E-state index contributed by atoms with van der Waals surface area (Å²) >= 11 is 0. The van der Waals surface area contributed by atoms with E-state index in [2.05, 4.69) is 15.6 Å². The normalized spacial score (nSPS) is 12.1. The summed E-state index contributed by atoms with van der Waals surface area (Å²) in [5.41, 5.74) is 0.937. The van der Waals surface area contributed by atoms with Gasteiger partial charge >= 0.3 is 0 Å². The molecular formula is C18H26IN3O4. The molecule has 1 aromatic carbocycles. The highest BCUT2D eigenvalue weighted by Crippen LogP contribution is 2.25. The zero-order valence-electron chi connectivity index (χ0n) is 15.2. The molecule has 1 aromatic heterocycles. The molecule has 0 aliphatic carbocycles. The summed E-state index contributed by atoms with van der Waals surface area (Å²) < 4.78 is 15.8. The lowest BCUT2D eigenvalue weighted by Crippen LogP contribution is -2.39. The number of rotatable bonds is 8. The first-order valence-electron chi connectivity index (χ1n) is 8.12. The van der Waals surface area contributed by atoms with Gasteiger partial charge in [-0.15, -0.1) is 24.0 Å². The first-order chi connectivity index (χ1) is 12.2. The lowest BCUT2D eigenvalue weighted by Gasteiger charge is -2.14. The number of aliphatic hydroxyl groups excluding tert-OH is 1. The summed E-state index contributed by atoms with van der Waals surface area (Å²) in [6, 6.07) is 9.09. The van der Waals surface area contributed by atoms with Crippen molar-refractivity contribution >= 4 is 29.9 Å². The number of ether oxygens (including phenoxy) is 2. The van der Waals surface area contributed by atoms with Crippen molar-refractivity contribution in [2.45, 2.75) is 19.6 Å². The minimum Gasteiger partial charge on any atom is -0.497 e. The fourth-order valence-corrected chi connectivity index (χ4v) is 2.26. The molecule has 144 valence electrons. The largest absolute Gasteiger partial charge is 0.497 e. The van der Waals surface area contributed by atoms with Crippen molar-refractivity contribution in [1.29, 1.82) is 0 Å². The maximum atomic E-state index is 10.1. The van der Waals surface area contributed by atoms with Gasteiger partial charge in [0.15, 0.2) is 5.96 Å². The van der Waals surface area contributed by atoms with Crippen molar-refractivity contribution in [2.75, 3.05) is 27.3 Å². The Labute approximate surface area is 170 Å². The van der Waals surface area contributed by atoms with E-state index in [1.165, 1.54) is 6.26 Å².